The maximum atomic E-state index is 12.7. The number of anilines is 1. The Hall–Kier alpha value is -1.26. The second kappa shape index (κ2) is 5.18. The maximum Gasteiger partial charge on any atom is 0.250 e. The van der Waals surface area contributed by atoms with E-state index in [0.717, 1.165) is 12.0 Å². The number of carbonyl (C=O) groups is 2. The minimum Gasteiger partial charge on any atom is -0.329 e. The van der Waals surface area contributed by atoms with Crippen LogP contribution in [0.4, 0.5) is 5.69 Å². The van der Waals surface area contributed by atoms with Crippen LogP contribution in [0.1, 0.15) is 25.3 Å². The summed E-state index contributed by atoms with van der Waals surface area (Å²) in [5.41, 5.74) is 1.36. The van der Waals surface area contributed by atoms with Crippen molar-refractivity contribution in [3.05, 3.63) is 27.7 Å². The van der Waals surface area contributed by atoms with Crippen molar-refractivity contribution in [1.29, 1.82) is 0 Å². The van der Waals surface area contributed by atoms with E-state index in [4.69, 9.17) is 23.2 Å². The van der Waals surface area contributed by atoms with Gasteiger partial charge >= 0.3 is 0 Å². The first kappa shape index (κ1) is 14.7. The zero-order chi connectivity index (χ0) is 15.3. The molecule has 2 aliphatic rings. The average Bonchev–Trinajstić information content (AvgIpc) is 2.92. The molecule has 1 aromatic carbocycles. The van der Waals surface area contributed by atoms with Gasteiger partial charge in [-0.3, -0.25) is 14.5 Å². The second-order valence-corrected chi connectivity index (χ2v) is 6.44. The van der Waals surface area contributed by atoms with Crippen molar-refractivity contribution in [2.45, 2.75) is 38.8 Å². The van der Waals surface area contributed by atoms with Crippen LogP contribution in [-0.4, -0.2) is 35.3 Å². The summed E-state index contributed by atoms with van der Waals surface area (Å²) in [5, 5.41) is 0.979. The molecule has 1 aromatic rings. The van der Waals surface area contributed by atoms with E-state index in [9.17, 15) is 9.59 Å². The molecule has 112 valence electrons. The SMILES string of the molecule is Cc1cc(Cl)c(N2C(=O)C3CCCN3C(=O)C2C)cc1Cl. The Morgan fingerprint density at radius 1 is 1.14 bits per heavy atom. The van der Waals surface area contributed by atoms with Crippen LogP contribution >= 0.6 is 23.2 Å². The summed E-state index contributed by atoms with van der Waals surface area (Å²) in [7, 11) is 0. The lowest BCUT2D eigenvalue weighted by molar-refractivity contribution is -0.143. The summed E-state index contributed by atoms with van der Waals surface area (Å²) in [6.07, 6.45) is 1.58. The zero-order valence-corrected chi connectivity index (χ0v) is 13.4. The summed E-state index contributed by atoms with van der Waals surface area (Å²) in [6.45, 7) is 4.25. The molecule has 0 aromatic heterocycles. The van der Waals surface area contributed by atoms with E-state index in [1.807, 2.05) is 6.92 Å². The number of carbonyl (C=O) groups excluding carboxylic acids is 2. The molecule has 2 unspecified atom stereocenters. The van der Waals surface area contributed by atoms with Crippen molar-refractivity contribution in [3.63, 3.8) is 0 Å². The molecule has 0 saturated carbocycles. The first-order valence-electron chi connectivity index (χ1n) is 7.01. The molecule has 2 amide bonds. The lowest BCUT2D eigenvalue weighted by Crippen LogP contribution is -2.62. The predicted octanol–water partition coefficient (Wildman–Crippen LogP) is 3.03. The number of benzene rings is 1. The number of hydrogen-bond donors (Lipinski definition) is 0. The van der Waals surface area contributed by atoms with Gasteiger partial charge in [-0.25, -0.2) is 0 Å². The van der Waals surface area contributed by atoms with E-state index in [2.05, 4.69) is 0 Å². The summed E-state index contributed by atoms with van der Waals surface area (Å²) in [4.78, 5) is 28.4. The molecule has 0 aliphatic carbocycles. The van der Waals surface area contributed by atoms with Gasteiger partial charge < -0.3 is 4.90 Å². The number of aryl methyl sites for hydroxylation is 1. The van der Waals surface area contributed by atoms with Gasteiger partial charge in [0.2, 0.25) is 5.91 Å². The van der Waals surface area contributed by atoms with E-state index >= 15 is 0 Å². The van der Waals surface area contributed by atoms with Gasteiger partial charge in [0, 0.05) is 11.6 Å². The average molecular weight is 327 g/mol. The van der Waals surface area contributed by atoms with Crippen LogP contribution in [0, 0.1) is 6.92 Å². The van der Waals surface area contributed by atoms with Gasteiger partial charge in [0.15, 0.2) is 0 Å². The third-order valence-corrected chi connectivity index (χ3v) is 5.00. The van der Waals surface area contributed by atoms with Crippen molar-refractivity contribution in [2.24, 2.45) is 0 Å². The number of halogens is 2. The highest BCUT2D eigenvalue weighted by atomic mass is 35.5. The van der Waals surface area contributed by atoms with Crippen LogP contribution in [0.5, 0.6) is 0 Å². The number of nitrogens with zero attached hydrogens (tertiary/aromatic N) is 2. The molecular weight excluding hydrogens is 311 g/mol. The normalized spacial score (nSPS) is 25.5. The molecule has 2 aliphatic heterocycles. The molecule has 6 heteroatoms. The highest BCUT2D eigenvalue weighted by Gasteiger charge is 2.47. The lowest BCUT2D eigenvalue weighted by Gasteiger charge is -2.41. The lowest BCUT2D eigenvalue weighted by atomic mass is 10.0. The standard InChI is InChI=1S/C15H16Cl2N2O2/c1-8-6-11(17)13(7-10(8)16)19-9(2)14(20)18-5-3-4-12(18)15(19)21/h6-7,9,12H,3-5H2,1-2H3. The molecule has 0 radical (unpaired) electrons. The van der Waals surface area contributed by atoms with Gasteiger partial charge in [0.25, 0.3) is 5.91 Å². The Labute approximate surface area is 133 Å². The summed E-state index contributed by atoms with van der Waals surface area (Å²) in [6, 6.07) is 2.49. The highest BCUT2D eigenvalue weighted by molar-refractivity contribution is 6.36. The van der Waals surface area contributed by atoms with Crippen LogP contribution in [-0.2, 0) is 9.59 Å². The highest BCUT2D eigenvalue weighted by Crippen LogP contribution is 2.37. The smallest absolute Gasteiger partial charge is 0.250 e. The van der Waals surface area contributed by atoms with Crippen LogP contribution in [0.3, 0.4) is 0 Å². The molecule has 4 nitrogen and oxygen atoms in total. The van der Waals surface area contributed by atoms with Gasteiger partial charge in [-0.15, -0.1) is 0 Å². The van der Waals surface area contributed by atoms with E-state index in [1.165, 1.54) is 4.90 Å². The van der Waals surface area contributed by atoms with Crippen LogP contribution in [0.15, 0.2) is 12.1 Å². The van der Waals surface area contributed by atoms with Gasteiger partial charge in [0.05, 0.1) is 10.7 Å². The maximum absolute atomic E-state index is 12.7. The van der Waals surface area contributed by atoms with Gasteiger partial charge in [-0.1, -0.05) is 23.2 Å². The molecule has 2 fully saturated rings. The largest absolute Gasteiger partial charge is 0.329 e. The van der Waals surface area contributed by atoms with Crippen molar-refractivity contribution >= 4 is 40.7 Å². The van der Waals surface area contributed by atoms with Gasteiger partial charge in [0.1, 0.15) is 12.1 Å². The van der Waals surface area contributed by atoms with Gasteiger partial charge in [-0.2, -0.15) is 0 Å². The number of amides is 2. The third kappa shape index (κ3) is 2.21. The first-order valence-corrected chi connectivity index (χ1v) is 7.76. The van der Waals surface area contributed by atoms with Crippen LogP contribution in [0.2, 0.25) is 10.0 Å². The van der Waals surface area contributed by atoms with Crippen LogP contribution < -0.4 is 4.90 Å². The summed E-state index contributed by atoms with van der Waals surface area (Å²) >= 11 is 12.4. The van der Waals surface area contributed by atoms with Crippen LogP contribution in [0.25, 0.3) is 0 Å². The second-order valence-electron chi connectivity index (χ2n) is 5.63. The van der Waals surface area contributed by atoms with Gasteiger partial charge in [-0.05, 0) is 44.4 Å². The minimum atomic E-state index is -0.553. The van der Waals surface area contributed by atoms with E-state index in [-0.39, 0.29) is 17.9 Å². The number of fused-ring (bicyclic) bond motifs is 1. The summed E-state index contributed by atoms with van der Waals surface area (Å²) < 4.78 is 0. The predicted molar refractivity (Wildman–Crippen MR) is 82.9 cm³/mol. The van der Waals surface area contributed by atoms with Crippen molar-refractivity contribution < 1.29 is 9.59 Å². The molecule has 2 heterocycles. The Morgan fingerprint density at radius 2 is 1.86 bits per heavy atom. The molecule has 21 heavy (non-hydrogen) atoms. The Balaban J connectivity index is 2.06. The molecule has 0 N–H and O–H groups in total. The number of piperazine rings is 1. The zero-order valence-electron chi connectivity index (χ0n) is 11.9. The third-order valence-electron chi connectivity index (χ3n) is 4.29. The quantitative estimate of drug-likeness (QED) is 0.795. The molecule has 0 spiro atoms. The Morgan fingerprint density at radius 3 is 2.57 bits per heavy atom. The molecule has 3 rings (SSSR count). The molecule has 2 atom stereocenters. The summed E-state index contributed by atoms with van der Waals surface area (Å²) in [5.74, 6) is -0.0914. The number of hydrogen-bond acceptors (Lipinski definition) is 2. The van der Waals surface area contributed by atoms with E-state index in [0.29, 0.717) is 28.7 Å². The molecule has 2 saturated heterocycles. The topological polar surface area (TPSA) is 40.6 Å². The molecular formula is C15H16Cl2N2O2. The fourth-order valence-electron chi connectivity index (χ4n) is 3.14. The van der Waals surface area contributed by atoms with E-state index in [1.54, 1.807) is 24.0 Å². The van der Waals surface area contributed by atoms with E-state index < -0.39 is 6.04 Å². The van der Waals surface area contributed by atoms with Crippen molar-refractivity contribution in [2.75, 3.05) is 11.4 Å². The fourth-order valence-corrected chi connectivity index (χ4v) is 3.60. The monoisotopic (exact) mass is 326 g/mol. The Kier molecular flexibility index (Phi) is 3.62. The van der Waals surface area contributed by atoms with Crippen molar-refractivity contribution in [1.82, 2.24) is 4.90 Å². The van der Waals surface area contributed by atoms with Crippen molar-refractivity contribution in [3.8, 4) is 0 Å². The fraction of sp³-hybridized carbons (Fsp3) is 0.467. The minimum absolute atomic E-state index is 0.0233. The number of rotatable bonds is 1. The molecule has 0 bridgehead atoms. The first-order chi connectivity index (χ1) is 9.91. The Bertz CT molecular complexity index is 632.